The summed E-state index contributed by atoms with van der Waals surface area (Å²) in [6.07, 6.45) is 4.16. The molecule has 0 saturated carbocycles. The molecule has 5 nitrogen and oxygen atoms in total. The zero-order chi connectivity index (χ0) is 11.7. The predicted molar refractivity (Wildman–Crippen MR) is 63.0 cm³/mol. The van der Waals surface area contributed by atoms with Gasteiger partial charge in [-0.2, -0.15) is 4.68 Å². The van der Waals surface area contributed by atoms with Gasteiger partial charge in [-0.3, -0.25) is 0 Å². The number of aromatic nitrogens is 2. The molecule has 6 heteroatoms. The summed E-state index contributed by atoms with van der Waals surface area (Å²) < 4.78 is 12.4. The number of nitrogens with one attached hydrogen (secondary N) is 1. The first-order chi connectivity index (χ1) is 8.33. The monoisotopic (exact) mass is 252 g/mol. The van der Waals surface area contributed by atoms with Crippen LogP contribution in [0.25, 0.3) is 11.7 Å². The van der Waals surface area contributed by atoms with E-state index in [0.29, 0.717) is 16.5 Å². The Bertz CT molecular complexity index is 537. The molecule has 1 fully saturated rings. The summed E-state index contributed by atoms with van der Waals surface area (Å²) in [5, 5.41) is 4.35. The Labute approximate surface area is 104 Å². The highest BCUT2D eigenvalue weighted by Gasteiger charge is 2.18. The maximum atomic E-state index is 5.43. The third-order valence-electron chi connectivity index (χ3n) is 3.02. The summed E-state index contributed by atoms with van der Waals surface area (Å²) in [5.41, 5.74) is 0. The van der Waals surface area contributed by atoms with E-state index in [1.807, 2.05) is 6.07 Å². The third-order valence-corrected chi connectivity index (χ3v) is 3.32. The Kier molecular flexibility index (Phi) is 2.82. The molecule has 0 unspecified atom stereocenters. The standard InChI is InChI=1S/C11H13N3O2S/c17-11-14(8-13-5-1-2-6-13)12-10(16-11)9-4-3-7-15-9/h3-4,7H,1-2,5-6,8H2/p+1. The average molecular weight is 252 g/mol. The highest BCUT2D eigenvalue weighted by molar-refractivity contribution is 7.71. The fourth-order valence-corrected chi connectivity index (χ4v) is 2.34. The van der Waals surface area contributed by atoms with E-state index < -0.39 is 0 Å². The van der Waals surface area contributed by atoms with Gasteiger partial charge in [0.05, 0.1) is 19.4 Å². The molecule has 1 N–H and O–H groups in total. The van der Waals surface area contributed by atoms with Crippen LogP contribution in [0.4, 0.5) is 0 Å². The molecule has 2 aromatic rings. The summed E-state index contributed by atoms with van der Waals surface area (Å²) in [7, 11) is 0. The van der Waals surface area contributed by atoms with Crippen LogP contribution >= 0.6 is 12.2 Å². The van der Waals surface area contributed by atoms with E-state index in [4.69, 9.17) is 21.1 Å². The molecule has 1 saturated heterocycles. The van der Waals surface area contributed by atoms with Crippen molar-refractivity contribution in [3.05, 3.63) is 23.2 Å². The molecule has 2 aromatic heterocycles. The van der Waals surface area contributed by atoms with Crippen molar-refractivity contribution in [3.8, 4) is 11.7 Å². The second kappa shape index (κ2) is 4.46. The predicted octanol–water partition coefficient (Wildman–Crippen LogP) is 1.10. The van der Waals surface area contributed by atoms with Crippen LogP contribution in [0.15, 0.2) is 27.2 Å². The molecule has 3 rings (SSSR count). The van der Waals surface area contributed by atoms with Crippen LogP contribution in [0, 0.1) is 4.84 Å². The summed E-state index contributed by atoms with van der Waals surface area (Å²) in [4.78, 5) is 1.91. The maximum absolute atomic E-state index is 5.43. The number of quaternary nitrogens is 1. The first kappa shape index (κ1) is 10.7. The van der Waals surface area contributed by atoms with Gasteiger partial charge in [0.15, 0.2) is 12.4 Å². The summed E-state index contributed by atoms with van der Waals surface area (Å²) in [5.74, 6) is 1.07. The first-order valence-electron chi connectivity index (χ1n) is 5.78. The fraction of sp³-hybridized carbons (Fsp3) is 0.455. The number of hydrogen-bond donors (Lipinski definition) is 1. The van der Waals surface area contributed by atoms with Crippen molar-refractivity contribution >= 4 is 12.2 Å². The number of likely N-dealkylation sites (tertiary alicyclic amines) is 1. The topological polar surface area (TPSA) is 48.5 Å². The van der Waals surface area contributed by atoms with E-state index in [1.54, 1.807) is 17.0 Å². The lowest BCUT2D eigenvalue weighted by molar-refractivity contribution is -0.911. The second-order valence-corrected chi connectivity index (χ2v) is 4.61. The highest BCUT2D eigenvalue weighted by Crippen LogP contribution is 2.17. The largest absolute Gasteiger partial charge is 0.459 e. The van der Waals surface area contributed by atoms with Gasteiger partial charge in [-0.15, -0.1) is 5.10 Å². The van der Waals surface area contributed by atoms with E-state index in [1.165, 1.54) is 30.8 Å². The van der Waals surface area contributed by atoms with Crippen molar-refractivity contribution in [2.75, 3.05) is 13.1 Å². The van der Waals surface area contributed by atoms with Crippen LogP contribution in [-0.4, -0.2) is 22.9 Å². The van der Waals surface area contributed by atoms with Crippen molar-refractivity contribution in [1.29, 1.82) is 0 Å². The van der Waals surface area contributed by atoms with Crippen LogP contribution < -0.4 is 4.90 Å². The molecule has 3 heterocycles. The minimum atomic E-state index is 0.413. The molecule has 0 radical (unpaired) electrons. The van der Waals surface area contributed by atoms with Crippen molar-refractivity contribution in [3.63, 3.8) is 0 Å². The van der Waals surface area contributed by atoms with Gasteiger partial charge in [0.25, 0.3) is 10.7 Å². The van der Waals surface area contributed by atoms with E-state index in [2.05, 4.69) is 5.10 Å². The van der Waals surface area contributed by atoms with E-state index in [-0.39, 0.29) is 0 Å². The van der Waals surface area contributed by atoms with Crippen molar-refractivity contribution < 1.29 is 13.7 Å². The lowest BCUT2D eigenvalue weighted by Crippen LogP contribution is -3.09. The summed E-state index contributed by atoms with van der Waals surface area (Å²) >= 11 is 5.16. The number of nitrogens with zero attached hydrogens (tertiary/aromatic N) is 2. The molecule has 0 atom stereocenters. The second-order valence-electron chi connectivity index (χ2n) is 4.27. The van der Waals surface area contributed by atoms with Gasteiger partial charge < -0.3 is 13.7 Å². The van der Waals surface area contributed by atoms with Crippen LogP contribution in [0.2, 0.25) is 0 Å². The fourth-order valence-electron chi connectivity index (χ4n) is 2.15. The van der Waals surface area contributed by atoms with Gasteiger partial charge >= 0.3 is 0 Å². The first-order valence-corrected chi connectivity index (χ1v) is 6.19. The molecule has 0 aromatic carbocycles. The van der Waals surface area contributed by atoms with E-state index >= 15 is 0 Å². The molecule has 1 aliphatic rings. The average Bonchev–Trinajstić information content (AvgIpc) is 3.02. The molecule has 0 aliphatic carbocycles. The van der Waals surface area contributed by atoms with Gasteiger partial charge in [-0.25, -0.2) is 0 Å². The Morgan fingerprint density at radius 1 is 1.41 bits per heavy atom. The van der Waals surface area contributed by atoms with Crippen molar-refractivity contribution in [2.24, 2.45) is 0 Å². The molecule has 1 aliphatic heterocycles. The van der Waals surface area contributed by atoms with Gasteiger partial charge in [0.2, 0.25) is 0 Å². The van der Waals surface area contributed by atoms with Gasteiger partial charge in [0.1, 0.15) is 0 Å². The van der Waals surface area contributed by atoms with Crippen molar-refractivity contribution in [2.45, 2.75) is 19.5 Å². The summed E-state index contributed by atoms with van der Waals surface area (Å²) in [6, 6.07) is 3.62. The minimum absolute atomic E-state index is 0.413. The molecule has 0 spiro atoms. The molecule has 17 heavy (non-hydrogen) atoms. The minimum Gasteiger partial charge on any atom is -0.459 e. The van der Waals surface area contributed by atoms with Gasteiger partial charge in [-0.1, -0.05) is 0 Å². The zero-order valence-corrected chi connectivity index (χ0v) is 10.2. The molecule has 0 bridgehead atoms. The smallest absolute Gasteiger partial charge is 0.292 e. The number of hydrogen-bond acceptors (Lipinski definition) is 4. The molecule has 90 valence electrons. The quantitative estimate of drug-likeness (QED) is 0.831. The maximum Gasteiger partial charge on any atom is 0.292 e. The lowest BCUT2D eigenvalue weighted by Gasteiger charge is -2.10. The highest BCUT2D eigenvalue weighted by atomic mass is 32.1. The van der Waals surface area contributed by atoms with E-state index in [9.17, 15) is 0 Å². The molecular formula is C11H14N3O2S+. The van der Waals surface area contributed by atoms with Crippen LogP contribution in [0.5, 0.6) is 0 Å². The Hall–Kier alpha value is -1.40. The summed E-state index contributed by atoms with van der Waals surface area (Å²) in [6.45, 7) is 3.15. The van der Waals surface area contributed by atoms with Crippen LogP contribution in [-0.2, 0) is 6.67 Å². The Balaban J connectivity index is 1.83. The van der Waals surface area contributed by atoms with E-state index in [0.717, 1.165) is 6.67 Å². The van der Waals surface area contributed by atoms with Gasteiger partial charge in [0, 0.05) is 12.8 Å². The SMILES string of the molecule is S=c1oc(-c2ccco2)nn1C[NH+]1CCCC1. The number of furan rings is 1. The lowest BCUT2D eigenvalue weighted by atomic mass is 10.4. The number of rotatable bonds is 3. The Morgan fingerprint density at radius 2 is 2.24 bits per heavy atom. The molecule has 0 amide bonds. The Morgan fingerprint density at radius 3 is 2.94 bits per heavy atom. The molecular weight excluding hydrogens is 238 g/mol. The normalized spacial score (nSPS) is 16.7. The van der Waals surface area contributed by atoms with Crippen molar-refractivity contribution in [1.82, 2.24) is 9.78 Å². The van der Waals surface area contributed by atoms with Crippen LogP contribution in [0.1, 0.15) is 12.8 Å². The zero-order valence-electron chi connectivity index (χ0n) is 9.39. The van der Waals surface area contributed by atoms with Crippen LogP contribution in [0.3, 0.4) is 0 Å². The third kappa shape index (κ3) is 2.18. The van der Waals surface area contributed by atoms with Gasteiger partial charge in [-0.05, 0) is 24.4 Å².